The minimum Gasteiger partial charge on any atom is -0.342 e. The van der Waals surface area contributed by atoms with Gasteiger partial charge in [-0.1, -0.05) is 27.7 Å². The summed E-state index contributed by atoms with van der Waals surface area (Å²) in [6, 6.07) is 0. The number of fused-ring (bicyclic) bond motifs is 4. The third kappa shape index (κ3) is 6.21. The van der Waals surface area contributed by atoms with Crippen molar-refractivity contribution in [2.75, 3.05) is 24.7 Å². The number of ether oxygens (including phenoxy) is 6. The van der Waals surface area contributed by atoms with E-state index in [9.17, 15) is 4.21 Å². The molecule has 0 amide bonds. The molecule has 2 saturated carbocycles. The third-order valence-corrected chi connectivity index (χ3v) is 16.5. The van der Waals surface area contributed by atoms with Crippen molar-refractivity contribution in [3.8, 4) is 0 Å². The number of alkyl halides is 6. The van der Waals surface area contributed by atoms with E-state index in [2.05, 4.69) is 13.8 Å². The summed E-state index contributed by atoms with van der Waals surface area (Å²) in [5.41, 5.74) is -2.44. The smallest absolute Gasteiger partial charge is 0.342 e. The lowest BCUT2D eigenvalue weighted by molar-refractivity contribution is -0.598. The van der Waals surface area contributed by atoms with Crippen LogP contribution in [-0.4, -0.2) is 88.2 Å². The SMILES string of the molecule is C[C@@H]1CC[C@H]2[C@@H](C)[C@](OCCCS(=O)CCCO[C@@]3(C(F)(F)F)O[C@@H]4O[C@@]5(C)CC[C@H]6[C@H](C)CC[C@@H]([C@H]3C)[C@@]46OO5)(C(F)(F)F)O[C@@H]3O[C@@]4(C)CC[C@@H]1[C@]32OO4. The average molecular weight is 835 g/mol. The highest BCUT2D eigenvalue weighted by Gasteiger charge is 2.79. The minimum atomic E-state index is -4.94. The molecule has 0 aromatic heterocycles. The zero-order valence-corrected chi connectivity index (χ0v) is 33.7. The molecule has 0 radical (unpaired) electrons. The van der Waals surface area contributed by atoms with Crippen LogP contribution >= 0.6 is 0 Å². The molecule has 8 saturated heterocycles. The van der Waals surface area contributed by atoms with Gasteiger partial charge >= 0.3 is 12.4 Å². The molecule has 322 valence electrons. The summed E-state index contributed by atoms with van der Waals surface area (Å²) in [6.07, 6.45) is -8.23. The van der Waals surface area contributed by atoms with Crippen molar-refractivity contribution in [3.05, 3.63) is 0 Å². The van der Waals surface area contributed by atoms with E-state index in [0.717, 1.165) is 0 Å². The van der Waals surface area contributed by atoms with E-state index < -0.39 is 107 Å². The van der Waals surface area contributed by atoms with Gasteiger partial charge in [0.2, 0.25) is 11.6 Å². The highest BCUT2D eigenvalue weighted by molar-refractivity contribution is 7.84. The molecule has 0 aromatic carbocycles. The van der Waals surface area contributed by atoms with Gasteiger partial charge in [-0.05, 0) is 88.9 Å². The second kappa shape index (κ2) is 14.2. The Morgan fingerprint density at radius 2 is 0.964 bits per heavy atom. The maximum absolute atomic E-state index is 15.1. The van der Waals surface area contributed by atoms with E-state index in [4.69, 9.17) is 48.0 Å². The highest BCUT2D eigenvalue weighted by atomic mass is 32.2. The molecule has 4 bridgehead atoms. The van der Waals surface area contributed by atoms with Crippen LogP contribution in [-0.2, 0) is 58.8 Å². The Morgan fingerprint density at radius 1 is 0.571 bits per heavy atom. The van der Waals surface area contributed by atoms with Crippen molar-refractivity contribution in [3.63, 3.8) is 0 Å². The maximum atomic E-state index is 15.1. The van der Waals surface area contributed by atoms with Crippen molar-refractivity contribution in [2.45, 2.75) is 165 Å². The van der Waals surface area contributed by atoms with Crippen molar-refractivity contribution < 1.29 is 78.5 Å². The average Bonchev–Trinajstić information content (AvgIpc) is 3.49. The first-order valence-corrected chi connectivity index (χ1v) is 21.9. The monoisotopic (exact) mass is 834 g/mol. The molecule has 2 spiro atoms. The van der Waals surface area contributed by atoms with Gasteiger partial charge in [0.1, 0.15) is 0 Å². The van der Waals surface area contributed by atoms with Gasteiger partial charge in [-0.3, -0.25) is 4.21 Å². The van der Waals surface area contributed by atoms with Crippen LogP contribution in [0, 0.1) is 47.3 Å². The number of hydrogen-bond donors (Lipinski definition) is 0. The van der Waals surface area contributed by atoms with Crippen molar-refractivity contribution in [1.29, 1.82) is 0 Å². The largest absolute Gasteiger partial charge is 0.443 e. The van der Waals surface area contributed by atoms with Crippen molar-refractivity contribution >= 4 is 10.8 Å². The van der Waals surface area contributed by atoms with E-state index in [1.165, 1.54) is 13.8 Å². The molecule has 0 unspecified atom stereocenters. The Balaban J connectivity index is 0.891. The normalized spacial score (nSPS) is 51.8. The van der Waals surface area contributed by atoms with Crippen LogP contribution in [0.5, 0.6) is 0 Å². The number of rotatable bonds is 10. The number of halogens is 6. The summed E-state index contributed by atoms with van der Waals surface area (Å²) in [4.78, 5) is 23.4. The quantitative estimate of drug-likeness (QED) is 0.122. The van der Waals surface area contributed by atoms with Gasteiger partial charge in [0, 0.05) is 58.8 Å². The topological polar surface area (TPSA) is 109 Å². The van der Waals surface area contributed by atoms with Gasteiger partial charge in [0.25, 0.3) is 11.6 Å². The van der Waals surface area contributed by atoms with Crippen LogP contribution in [0.2, 0.25) is 0 Å². The lowest BCUT2D eigenvalue weighted by Gasteiger charge is -2.62. The van der Waals surface area contributed by atoms with Crippen molar-refractivity contribution in [2.24, 2.45) is 47.3 Å². The van der Waals surface area contributed by atoms with Gasteiger partial charge in [0.05, 0.1) is 13.2 Å². The Kier molecular flexibility index (Phi) is 10.7. The summed E-state index contributed by atoms with van der Waals surface area (Å²) in [7, 11) is -1.60. The van der Waals surface area contributed by atoms with Gasteiger partial charge in [-0.15, -0.1) is 0 Å². The van der Waals surface area contributed by atoms with E-state index in [-0.39, 0.29) is 48.0 Å². The molecule has 8 aliphatic heterocycles. The van der Waals surface area contributed by atoms with Crippen LogP contribution in [0.1, 0.15) is 106 Å². The van der Waals surface area contributed by atoms with Gasteiger partial charge in [0.15, 0.2) is 23.8 Å². The molecular weight excluding hydrogens is 778 g/mol. The lowest BCUT2D eigenvalue weighted by atomic mass is 9.57. The molecule has 56 heavy (non-hydrogen) atoms. The summed E-state index contributed by atoms with van der Waals surface area (Å²) in [6.45, 7) is 9.45. The minimum absolute atomic E-state index is 0.0183. The van der Waals surface area contributed by atoms with E-state index >= 15 is 26.3 Å². The lowest BCUT2D eigenvalue weighted by Crippen LogP contribution is -2.76. The molecule has 8 heterocycles. The van der Waals surface area contributed by atoms with E-state index in [0.29, 0.717) is 51.4 Å². The first-order chi connectivity index (χ1) is 26.2. The van der Waals surface area contributed by atoms with Crippen LogP contribution in [0.15, 0.2) is 0 Å². The fourth-order valence-electron chi connectivity index (χ4n) is 12.0. The van der Waals surface area contributed by atoms with Gasteiger partial charge in [-0.25, -0.2) is 19.6 Å². The Bertz CT molecular complexity index is 1400. The molecule has 16 atom stereocenters. The first kappa shape index (κ1) is 42.0. The molecule has 11 nitrogen and oxygen atoms in total. The summed E-state index contributed by atoms with van der Waals surface area (Å²) >= 11 is 0. The molecule has 18 heteroatoms. The van der Waals surface area contributed by atoms with Crippen molar-refractivity contribution in [1.82, 2.24) is 0 Å². The zero-order valence-electron chi connectivity index (χ0n) is 32.8. The Morgan fingerprint density at radius 3 is 1.34 bits per heavy atom. The van der Waals surface area contributed by atoms with Crippen LogP contribution in [0.3, 0.4) is 0 Å². The molecule has 0 aromatic rings. The second-order valence-corrected chi connectivity index (χ2v) is 19.9. The predicted molar refractivity (Wildman–Crippen MR) is 183 cm³/mol. The van der Waals surface area contributed by atoms with E-state index in [1.807, 2.05) is 0 Å². The fourth-order valence-corrected chi connectivity index (χ4v) is 13.1. The molecular formula is C38H56F6O11S. The van der Waals surface area contributed by atoms with E-state index in [1.54, 1.807) is 13.8 Å². The fraction of sp³-hybridized carbons (Fsp3) is 1.00. The molecule has 2 aliphatic carbocycles. The number of hydrogen-bond acceptors (Lipinski definition) is 11. The molecule has 10 fully saturated rings. The van der Waals surface area contributed by atoms with Gasteiger partial charge in [-0.2, -0.15) is 26.3 Å². The molecule has 10 rings (SSSR count). The first-order valence-electron chi connectivity index (χ1n) is 20.4. The second-order valence-electron chi connectivity index (χ2n) is 18.2. The maximum Gasteiger partial charge on any atom is 0.443 e. The summed E-state index contributed by atoms with van der Waals surface area (Å²) in [5, 5.41) is 0. The van der Waals surface area contributed by atoms with Gasteiger partial charge < -0.3 is 28.4 Å². The van der Waals surface area contributed by atoms with Crippen LogP contribution in [0.4, 0.5) is 26.3 Å². The summed E-state index contributed by atoms with van der Waals surface area (Å²) in [5.74, 6) is -12.3. The zero-order chi connectivity index (χ0) is 40.3. The predicted octanol–water partition coefficient (Wildman–Crippen LogP) is 7.83. The highest BCUT2D eigenvalue weighted by Crippen LogP contribution is 2.66. The Labute approximate surface area is 326 Å². The molecule has 10 aliphatic rings. The summed E-state index contributed by atoms with van der Waals surface area (Å²) < 4.78 is 139. The van der Waals surface area contributed by atoms with Crippen LogP contribution < -0.4 is 0 Å². The third-order valence-electron chi connectivity index (χ3n) is 15.0. The molecule has 0 N–H and O–H groups in total. The van der Waals surface area contributed by atoms with Crippen LogP contribution in [0.25, 0.3) is 0 Å². The Hall–Kier alpha value is -0.670. The standard InChI is InChI=1S/C38H56F6O11S/c1-21-9-11-27-23(3)35(37(39,40)41,50-29-33(27)25(21)13-15-31(5,48-29)52-54-33)46-17-7-19-56(45)20-8-18-47-36(38(42,43)44)24(4)28-12-10-22(2)26-14-16-32(6)49-30(51-36)34(26,28)55-53-32/h21-30H,7-20H2,1-6H3/t21-,22-,23-,24-,25+,26+,27+,28+,29+,30+,31-,32-,33-,34-,35-,36-/m1/s1.